The van der Waals surface area contributed by atoms with Gasteiger partial charge >= 0.3 is 0 Å². The van der Waals surface area contributed by atoms with Gasteiger partial charge in [0.25, 0.3) is 0 Å². The van der Waals surface area contributed by atoms with Gasteiger partial charge in [-0.15, -0.1) is 0 Å². The van der Waals surface area contributed by atoms with Crippen molar-refractivity contribution in [3.05, 3.63) is 59.7 Å². The molecule has 0 saturated carbocycles. The third-order valence-corrected chi connectivity index (χ3v) is 8.06. The van der Waals surface area contributed by atoms with E-state index in [1.807, 2.05) is 18.2 Å². The topological polar surface area (TPSA) is 56.7 Å². The predicted molar refractivity (Wildman–Crippen MR) is 127 cm³/mol. The van der Waals surface area contributed by atoms with E-state index in [1.54, 1.807) is 0 Å². The van der Waals surface area contributed by atoms with E-state index in [1.165, 1.54) is 5.56 Å². The molecule has 1 aromatic heterocycles. The van der Waals surface area contributed by atoms with Crippen LogP contribution in [0.5, 0.6) is 0 Å². The molecular weight excluding hydrogens is 406 g/mol. The molecule has 0 spiro atoms. The molecule has 2 aliphatic heterocycles. The van der Waals surface area contributed by atoms with Crippen LogP contribution in [0.2, 0.25) is 0 Å². The fraction of sp³-hybridized carbons (Fsp3) is 0.400. The van der Waals surface area contributed by atoms with Crippen LogP contribution in [-0.2, 0) is 17.3 Å². The fourth-order valence-corrected chi connectivity index (χ4v) is 5.93. The Hall–Kier alpha value is -2.44. The summed E-state index contributed by atoms with van der Waals surface area (Å²) in [6, 6.07) is 16.5. The number of rotatable bonds is 2. The Bertz CT molecular complexity index is 1180. The van der Waals surface area contributed by atoms with Crippen LogP contribution >= 0.6 is 0 Å². The third kappa shape index (κ3) is 3.72. The van der Waals surface area contributed by atoms with Gasteiger partial charge in [0.15, 0.2) is 0 Å². The standard InChI is InChI=1S/C25H29N3O2S/c1-17-8-9-20-19(12-17)21(28-15-23(29)25(2,3)16-28)13-24(26-20)27-10-11-31(30)22-7-5-4-6-18(22)14-27/h4-9,12-13,23,29H,10-11,14-16H2,1-3H3. The minimum Gasteiger partial charge on any atom is -0.391 e. The Labute approximate surface area is 186 Å². The van der Waals surface area contributed by atoms with Crippen LogP contribution in [0.3, 0.4) is 0 Å². The molecule has 0 aliphatic carbocycles. The van der Waals surface area contributed by atoms with E-state index in [2.05, 4.69) is 60.9 Å². The SMILES string of the molecule is Cc1ccc2nc(N3CCS(=O)c4ccccc4C3)cc(N3CC(O)C(C)(C)C3)c2c1. The lowest BCUT2D eigenvalue weighted by molar-refractivity contribution is 0.0964. The summed E-state index contributed by atoms with van der Waals surface area (Å²) in [5.74, 6) is 1.49. The average Bonchev–Trinajstić information content (AvgIpc) is 2.91. The Morgan fingerprint density at radius 3 is 2.71 bits per heavy atom. The maximum Gasteiger partial charge on any atom is 0.131 e. The molecule has 1 fully saturated rings. The number of benzene rings is 2. The summed E-state index contributed by atoms with van der Waals surface area (Å²) in [5.41, 5.74) is 4.21. The summed E-state index contributed by atoms with van der Waals surface area (Å²) in [4.78, 5) is 10.5. The molecule has 0 radical (unpaired) electrons. The average molecular weight is 436 g/mol. The third-order valence-electron chi connectivity index (χ3n) is 6.61. The predicted octanol–water partition coefficient (Wildman–Crippen LogP) is 3.88. The quantitative estimate of drug-likeness (QED) is 0.662. The largest absolute Gasteiger partial charge is 0.391 e. The number of β-amino-alcohol motifs (C(OH)–C–C–N with tert-alkyl or cyclic N) is 1. The van der Waals surface area contributed by atoms with Crippen LogP contribution in [0.4, 0.5) is 11.5 Å². The highest BCUT2D eigenvalue weighted by atomic mass is 32.2. The van der Waals surface area contributed by atoms with Crippen molar-refractivity contribution in [3.8, 4) is 0 Å². The van der Waals surface area contributed by atoms with E-state index in [9.17, 15) is 9.32 Å². The molecule has 1 saturated heterocycles. The van der Waals surface area contributed by atoms with Crippen LogP contribution in [-0.4, -0.2) is 45.8 Å². The Morgan fingerprint density at radius 2 is 1.94 bits per heavy atom. The first-order valence-corrected chi connectivity index (χ1v) is 12.2. The van der Waals surface area contributed by atoms with Gasteiger partial charge in [-0.05, 0) is 30.7 Å². The summed E-state index contributed by atoms with van der Waals surface area (Å²) in [6.07, 6.45) is -0.364. The zero-order valence-corrected chi connectivity index (χ0v) is 19.2. The first kappa shape index (κ1) is 20.5. The van der Waals surface area contributed by atoms with Gasteiger partial charge < -0.3 is 14.9 Å². The lowest BCUT2D eigenvalue weighted by Crippen LogP contribution is -2.27. The Morgan fingerprint density at radius 1 is 1.13 bits per heavy atom. The van der Waals surface area contributed by atoms with E-state index >= 15 is 0 Å². The molecule has 162 valence electrons. The van der Waals surface area contributed by atoms with Gasteiger partial charge in [-0.25, -0.2) is 4.98 Å². The maximum absolute atomic E-state index is 12.7. The van der Waals surface area contributed by atoms with Gasteiger partial charge in [-0.1, -0.05) is 43.7 Å². The van der Waals surface area contributed by atoms with Crippen molar-refractivity contribution in [1.82, 2.24) is 4.98 Å². The minimum absolute atomic E-state index is 0.155. The second kappa shape index (κ2) is 7.61. The number of anilines is 2. The zero-order valence-electron chi connectivity index (χ0n) is 18.3. The van der Waals surface area contributed by atoms with E-state index in [-0.39, 0.29) is 11.5 Å². The molecule has 0 amide bonds. The van der Waals surface area contributed by atoms with Crippen LogP contribution in [0.25, 0.3) is 10.9 Å². The Kier molecular flexibility index (Phi) is 5.02. The highest BCUT2D eigenvalue weighted by Gasteiger charge is 2.39. The number of hydrogen-bond acceptors (Lipinski definition) is 5. The van der Waals surface area contributed by atoms with Gasteiger partial charge in [-0.3, -0.25) is 4.21 Å². The van der Waals surface area contributed by atoms with E-state index in [0.29, 0.717) is 25.4 Å². The van der Waals surface area contributed by atoms with E-state index < -0.39 is 10.8 Å². The van der Waals surface area contributed by atoms with Gasteiger partial charge in [0.2, 0.25) is 0 Å². The highest BCUT2D eigenvalue weighted by Crippen LogP contribution is 2.38. The molecule has 2 aromatic carbocycles. The van der Waals surface area contributed by atoms with Crippen molar-refractivity contribution in [3.63, 3.8) is 0 Å². The van der Waals surface area contributed by atoms with Crippen molar-refractivity contribution in [2.45, 2.75) is 38.3 Å². The molecule has 2 unspecified atom stereocenters. The number of nitrogens with zero attached hydrogens (tertiary/aromatic N) is 3. The zero-order chi connectivity index (χ0) is 21.8. The molecule has 1 N–H and O–H groups in total. The second-order valence-electron chi connectivity index (χ2n) is 9.48. The van der Waals surface area contributed by atoms with Crippen LogP contribution in [0.15, 0.2) is 53.4 Å². The highest BCUT2D eigenvalue weighted by molar-refractivity contribution is 7.85. The molecule has 2 atom stereocenters. The summed E-state index contributed by atoms with van der Waals surface area (Å²) >= 11 is 0. The number of aryl methyl sites for hydroxylation is 1. The number of hydrogen-bond donors (Lipinski definition) is 1. The van der Waals surface area contributed by atoms with Gasteiger partial charge in [-0.2, -0.15) is 0 Å². The molecule has 6 heteroatoms. The summed E-state index contributed by atoms with van der Waals surface area (Å²) in [5, 5.41) is 11.7. The van der Waals surface area contributed by atoms with Gasteiger partial charge in [0, 0.05) is 59.4 Å². The van der Waals surface area contributed by atoms with E-state index in [4.69, 9.17) is 4.98 Å². The normalized spacial score (nSPS) is 23.1. The molecule has 2 aliphatic rings. The second-order valence-corrected chi connectivity index (χ2v) is 11.0. The number of pyridine rings is 1. The minimum atomic E-state index is -0.993. The fourth-order valence-electron chi connectivity index (χ4n) is 4.67. The number of aliphatic hydroxyl groups excluding tert-OH is 1. The first-order valence-electron chi connectivity index (χ1n) is 10.9. The smallest absolute Gasteiger partial charge is 0.131 e. The molecule has 31 heavy (non-hydrogen) atoms. The molecule has 5 rings (SSSR count). The maximum atomic E-state index is 12.7. The van der Waals surface area contributed by atoms with Gasteiger partial charge in [0.1, 0.15) is 5.82 Å². The number of aliphatic hydroxyl groups is 1. The molecule has 3 heterocycles. The van der Waals surface area contributed by atoms with Crippen molar-refractivity contribution in [1.29, 1.82) is 0 Å². The van der Waals surface area contributed by atoms with Gasteiger partial charge in [0.05, 0.1) is 22.4 Å². The number of fused-ring (bicyclic) bond motifs is 2. The van der Waals surface area contributed by atoms with Crippen LogP contribution in [0, 0.1) is 12.3 Å². The van der Waals surface area contributed by atoms with Crippen molar-refractivity contribution in [2.24, 2.45) is 5.41 Å². The lowest BCUT2D eigenvalue weighted by Gasteiger charge is -2.27. The Balaban J connectivity index is 1.60. The summed E-state index contributed by atoms with van der Waals surface area (Å²) in [7, 11) is -0.993. The first-order chi connectivity index (χ1) is 14.8. The van der Waals surface area contributed by atoms with Crippen molar-refractivity contribution >= 4 is 33.2 Å². The lowest BCUT2D eigenvalue weighted by atomic mass is 9.90. The molecular formula is C25H29N3O2S. The number of aromatic nitrogens is 1. The van der Waals surface area contributed by atoms with Crippen molar-refractivity contribution in [2.75, 3.05) is 35.2 Å². The summed E-state index contributed by atoms with van der Waals surface area (Å²) in [6.45, 7) is 9.14. The van der Waals surface area contributed by atoms with Crippen LogP contribution < -0.4 is 9.80 Å². The molecule has 0 bridgehead atoms. The van der Waals surface area contributed by atoms with Crippen LogP contribution in [0.1, 0.15) is 25.0 Å². The molecule has 3 aromatic rings. The summed E-state index contributed by atoms with van der Waals surface area (Å²) < 4.78 is 12.7. The van der Waals surface area contributed by atoms with E-state index in [0.717, 1.165) is 39.4 Å². The molecule has 5 nitrogen and oxygen atoms in total. The monoisotopic (exact) mass is 435 g/mol. The van der Waals surface area contributed by atoms with Crippen molar-refractivity contribution < 1.29 is 9.32 Å².